The molecule has 0 bridgehead atoms. The number of ether oxygens (including phenoxy) is 1. The quantitative estimate of drug-likeness (QED) is 0.435. The summed E-state index contributed by atoms with van der Waals surface area (Å²) in [6.45, 7) is 0. The Morgan fingerprint density at radius 3 is 3.17 bits per heavy atom. The molecular weight excluding hydrogens is 178 g/mol. The van der Waals surface area contributed by atoms with Crippen LogP contribution in [0.25, 0.3) is 0 Å². The number of amides is 1. The lowest BCUT2D eigenvalue weighted by Crippen LogP contribution is -2.48. The van der Waals surface area contributed by atoms with Gasteiger partial charge in [-0.3, -0.25) is 9.69 Å². The smallest absolute Gasteiger partial charge is 0.355 e. The molecule has 12 heavy (non-hydrogen) atoms. The maximum absolute atomic E-state index is 11.1. The normalized spacial score (nSPS) is 26.1. The van der Waals surface area contributed by atoms with E-state index in [0.717, 1.165) is 0 Å². The molecule has 0 unspecified atom stereocenters. The molecule has 5 heteroatoms. The van der Waals surface area contributed by atoms with Gasteiger partial charge in [0.15, 0.2) is 0 Å². The first-order chi connectivity index (χ1) is 5.74. The average molecular weight is 185 g/mol. The van der Waals surface area contributed by atoms with E-state index in [4.69, 9.17) is 0 Å². The highest BCUT2D eigenvalue weighted by Crippen LogP contribution is 2.40. The van der Waals surface area contributed by atoms with E-state index in [1.807, 2.05) is 0 Å². The Kier molecular flexibility index (Phi) is 1.61. The maximum Gasteiger partial charge on any atom is 0.355 e. The lowest BCUT2D eigenvalue weighted by molar-refractivity contribution is -0.147. The Morgan fingerprint density at radius 2 is 2.58 bits per heavy atom. The van der Waals surface area contributed by atoms with Crippen LogP contribution in [-0.4, -0.2) is 29.3 Å². The van der Waals surface area contributed by atoms with E-state index in [2.05, 4.69) is 4.74 Å². The molecule has 4 nitrogen and oxygen atoms in total. The number of carbonyl (C=O) groups excluding carboxylic acids is 2. The maximum atomic E-state index is 11.1. The monoisotopic (exact) mass is 185 g/mol. The van der Waals surface area contributed by atoms with E-state index in [0.29, 0.717) is 12.1 Å². The molecule has 0 saturated carbocycles. The van der Waals surface area contributed by atoms with Crippen molar-refractivity contribution in [1.82, 2.24) is 4.90 Å². The molecular formula is C7H7NO3S. The second kappa shape index (κ2) is 2.52. The summed E-state index contributed by atoms with van der Waals surface area (Å²) in [5.41, 5.74) is 0.378. The van der Waals surface area contributed by atoms with Gasteiger partial charge in [0.05, 0.1) is 18.9 Å². The van der Waals surface area contributed by atoms with Crippen LogP contribution in [0.2, 0.25) is 0 Å². The third kappa shape index (κ3) is 0.859. The summed E-state index contributed by atoms with van der Waals surface area (Å²) in [6.07, 6.45) is 0.529. The molecule has 2 aliphatic rings. The molecule has 1 saturated heterocycles. The summed E-state index contributed by atoms with van der Waals surface area (Å²) in [5, 5.41) is 1.83. The van der Waals surface area contributed by atoms with E-state index >= 15 is 0 Å². The van der Waals surface area contributed by atoms with Crippen LogP contribution >= 0.6 is 11.8 Å². The van der Waals surface area contributed by atoms with E-state index in [-0.39, 0.29) is 11.3 Å². The third-order valence-electron chi connectivity index (χ3n) is 1.90. The topological polar surface area (TPSA) is 46.6 Å². The van der Waals surface area contributed by atoms with Crippen molar-refractivity contribution in [2.24, 2.45) is 0 Å². The van der Waals surface area contributed by atoms with Crippen LogP contribution in [0, 0.1) is 0 Å². The fourth-order valence-corrected chi connectivity index (χ4v) is 2.32. The number of fused-ring (bicyclic) bond motifs is 1. The molecule has 0 aromatic rings. The van der Waals surface area contributed by atoms with Crippen molar-refractivity contribution in [1.29, 1.82) is 0 Å². The van der Waals surface area contributed by atoms with Crippen molar-refractivity contribution >= 4 is 23.6 Å². The molecule has 1 fully saturated rings. The van der Waals surface area contributed by atoms with Gasteiger partial charge in [0, 0.05) is 5.41 Å². The van der Waals surface area contributed by atoms with Gasteiger partial charge in [0.1, 0.15) is 5.70 Å². The molecule has 64 valence electrons. The summed E-state index contributed by atoms with van der Waals surface area (Å²) in [6, 6.07) is 0. The summed E-state index contributed by atoms with van der Waals surface area (Å²) >= 11 is 1.49. The predicted octanol–water partition coefficient (Wildman–Crippen LogP) is 0.306. The Bertz CT molecular complexity index is 286. The first kappa shape index (κ1) is 7.67. The van der Waals surface area contributed by atoms with Crippen LogP contribution in [-0.2, 0) is 14.3 Å². The van der Waals surface area contributed by atoms with Gasteiger partial charge >= 0.3 is 5.97 Å². The Morgan fingerprint density at radius 1 is 1.83 bits per heavy atom. The van der Waals surface area contributed by atoms with Gasteiger partial charge in [-0.05, 0) is 0 Å². The van der Waals surface area contributed by atoms with Crippen LogP contribution < -0.4 is 0 Å². The molecule has 2 rings (SSSR count). The first-order valence-electron chi connectivity index (χ1n) is 3.50. The first-order valence-corrected chi connectivity index (χ1v) is 4.44. The van der Waals surface area contributed by atoms with E-state index in [1.165, 1.54) is 23.8 Å². The predicted molar refractivity (Wildman–Crippen MR) is 42.9 cm³/mol. The molecule has 1 atom stereocenters. The van der Waals surface area contributed by atoms with Gasteiger partial charge in [0.2, 0.25) is 5.91 Å². The lowest BCUT2D eigenvalue weighted by Gasteiger charge is -2.34. The molecule has 0 aromatic heterocycles. The van der Waals surface area contributed by atoms with Crippen LogP contribution in [0.5, 0.6) is 0 Å². The zero-order chi connectivity index (χ0) is 8.72. The minimum Gasteiger partial charge on any atom is -0.464 e. The molecule has 2 aliphatic heterocycles. The number of nitrogens with zero attached hydrogens (tertiary/aromatic N) is 1. The number of hydrogen-bond acceptors (Lipinski definition) is 4. The summed E-state index contributed by atoms with van der Waals surface area (Å²) in [4.78, 5) is 23.5. The molecule has 0 aliphatic carbocycles. The number of rotatable bonds is 1. The highest BCUT2D eigenvalue weighted by atomic mass is 32.2. The van der Waals surface area contributed by atoms with Gasteiger partial charge in [-0.15, -0.1) is 11.8 Å². The number of carbonyl (C=O) groups is 2. The van der Waals surface area contributed by atoms with Crippen molar-refractivity contribution in [3.63, 3.8) is 0 Å². The van der Waals surface area contributed by atoms with Gasteiger partial charge in [-0.2, -0.15) is 0 Å². The van der Waals surface area contributed by atoms with Crippen molar-refractivity contribution < 1.29 is 14.3 Å². The third-order valence-corrected chi connectivity index (χ3v) is 2.95. The fourth-order valence-electron chi connectivity index (χ4n) is 1.24. The van der Waals surface area contributed by atoms with Crippen molar-refractivity contribution in [2.75, 3.05) is 7.11 Å². The number of thioether (sulfide) groups is 1. The lowest BCUT2D eigenvalue weighted by atomic mass is 10.2. The van der Waals surface area contributed by atoms with Gasteiger partial charge in [-0.25, -0.2) is 4.79 Å². The summed E-state index contributed by atoms with van der Waals surface area (Å²) in [7, 11) is 1.31. The minimum absolute atomic E-state index is 0.00153. The Labute approximate surface area is 73.5 Å². The minimum atomic E-state index is -0.432. The largest absolute Gasteiger partial charge is 0.464 e. The zero-order valence-electron chi connectivity index (χ0n) is 6.44. The zero-order valence-corrected chi connectivity index (χ0v) is 7.26. The molecule has 0 N–H and O–H groups in total. The van der Waals surface area contributed by atoms with Gasteiger partial charge in [-0.1, -0.05) is 0 Å². The van der Waals surface area contributed by atoms with E-state index in [1.54, 1.807) is 5.41 Å². The van der Waals surface area contributed by atoms with Crippen LogP contribution in [0.15, 0.2) is 11.1 Å². The molecule has 2 heterocycles. The van der Waals surface area contributed by atoms with Crippen molar-refractivity contribution in [3.8, 4) is 0 Å². The molecule has 0 radical (unpaired) electrons. The Balaban J connectivity index is 2.17. The van der Waals surface area contributed by atoms with Gasteiger partial charge < -0.3 is 4.74 Å². The number of hydrogen-bond donors (Lipinski definition) is 0. The van der Waals surface area contributed by atoms with Gasteiger partial charge in [0.25, 0.3) is 0 Å². The van der Waals surface area contributed by atoms with Crippen LogP contribution in [0.4, 0.5) is 0 Å². The van der Waals surface area contributed by atoms with Crippen LogP contribution in [0.3, 0.4) is 0 Å². The van der Waals surface area contributed by atoms with E-state index in [9.17, 15) is 9.59 Å². The van der Waals surface area contributed by atoms with Crippen LogP contribution in [0.1, 0.15) is 6.42 Å². The molecule has 0 aromatic carbocycles. The SMILES string of the molecule is COC(=O)C1=CS[C@@H]2CC(=O)N12. The standard InChI is InChI=1S/C7H7NO3S/c1-11-7(10)4-3-12-6-2-5(9)8(4)6/h3,6H,2H2,1H3/t6-/m1/s1. The summed E-state index contributed by atoms with van der Waals surface area (Å²) < 4.78 is 4.52. The number of β-lactam (4-membered cyclic amide) rings is 1. The fraction of sp³-hybridized carbons (Fsp3) is 0.429. The average Bonchev–Trinajstić information content (AvgIpc) is 2.40. The molecule has 1 amide bonds. The second-order valence-corrected chi connectivity index (χ2v) is 3.61. The highest BCUT2D eigenvalue weighted by molar-refractivity contribution is 8.03. The Hall–Kier alpha value is -0.970. The highest BCUT2D eigenvalue weighted by Gasteiger charge is 2.44. The summed E-state index contributed by atoms with van der Waals surface area (Å²) in [5.74, 6) is -0.431. The second-order valence-electron chi connectivity index (χ2n) is 2.55. The number of esters is 1. The number of methoxy groups -OCH3 is 1. The molecule has 0 spiro atoms. The van der Waals surface area contributed by atoms with Crippen molar-refractivity contribution in [2.45, 2.75) is 11.8 Å². The van der Waals surface area contributed by atoms with Crippen molar-refractivity contribution in [3.05, 3.63) is 11.1 Å². The van der Waals surface area contributed by atoms with E-state index < -0.39 is 5.97 Å².